The molecule has 1 atom stereocenters. The van der Waals surface area contributed by atoms with Crippen molar-refractivity contribution in [3.63, 3.8) is 0 Å². The van der Waals surface area contributed by atoms with E-state index in [0.29, 0.717) is 18.4 Å². The van der Waals surface area contributed by atoms with Gasteiger partial charge < -0.3 is 9.47 Å². The van der Waals surface area contributed by atoms with Crippen LogP contribution in [0.1, 0.15) is 58.1 Å². The normalized spacial score (nSPS) is 13.5. The zero-order valence-corrected chi connectivity index (χ0v) is 16.0. The van der Waals surface area contributed by atoms with E-state index in [4.69, 9.17) is 9.47 Å². The van der Waals surface area contributed by atoms with Gasteiger partial charge in [0.1, 0.15) is 6.61 Å². The van der Waals surface area contributed by atoms with Gasteiger partial charge in [-0.25, -0.2) is 0 Å². The Hall–Kier alpha value is -1.70. The maximum absolute atomic E-state index is 5.69. The molecule has 1 aromatic carbocycles. The van der Waals surface area contributed by atoms with Crippen molar-refractivity contribution in [1.82, 2.24) is 0 Å². The lowest BCUT2D eigenvalue weighted by Gasteiger charge is -2.21. The molecule has 0 amide bonds. The maximum atomic E-state index is 5.69. The zero-order valence-electron chi connectivity index (χ0n) is 16.0. The third-order valence-corrected chi connectivity index (χ3v) is 4.71. The predicted molar refractivity (Wildman–Crippen MR) is 103 cm³/mol. The van der Waals surface area contributed by atoms with Crippen LogP contribution in [0, 0.1) is 11.8 Å². The van der Waals surface area contributed by atoms with Crippen molar-refractivity contribution in [1.29, 1.82) is 0 Å². The summed E-state index contributed by atoms with van der Waals surface area (Å²) in [4.78, 5) is 0. The van der Waals surface area contributed by atoms with Gasteiger partial charge in [-0.05, 0) is 54.9 Å². The molecule has 24 heavy (non-hydrogen) atoms. The zero-order chi connectivity index (χ0) is 17.8. The molecule has 0 spiro atoms. The van der Waals surface area contributed by atoms with Crippen molar-refractivity contribution in [3.05, 3.63) is 59.6 Å². The van der Waals surface area contributed by atoms with Crippen molar-refractivity contribution in [2.24, 2.45) is 11.8 Å². The van der Waals surface area contributed by atoms with Gasteiger partial charge in [-0.2, -0.15) is 0 Å². The second-order valence-electron chi connectivity index (χ2n) is 6.31. The number of hydrogen-bond donors (Lipinski definition) is 0. The number of allylic oxidation sites excluding steroid dienone is 3. The van der Waals surface area contributed by atoms with E-state index in [1.54, 1.807) is 7.11 Å². The van der Waals surface area contributed by atoms with Gasteiger partial charge in [0.05, 0.1) is 19.1 Å². The molecule has 1 unspecified atom stereocenters. The Bertz CT molecular complexity index is 495. The summed E-state index contributed by atoms with van der Waals surface area (Å²) in [6, 6.07) is 8.63. The fourth-order valence-electron chi connectivity index (χ4n) is 2.96. The molecule has 0 fully saturated rings. The van der Waals surface area contributed by atoms with E-state index in [2.05, 4.69) is 57.2 Å². The summed E-state index contributed by atoms with van der Waals surface area (Å²) in [5.74, 6) is 2.18. The van der Waals surface area contributed by atoms with Crippen LogP contribution in [-0.2, 0) is 22.5 Å². The molecule has 134 valence electrons. The summed E-state index contributed by atoms with van der Waals surface area (Å²) >= 11 is 0. The van der Waals surface area contributed by atoms with E-state index in [1.807, 2.05) is 13.2 Å². The quantitative estimate of drug-likeness (QED) is 0.445. The Morgan fingerprint density at radius 3 is 2.21 bits per heavy atom. The minimum atomic E-state index is 0.503. The van der Waals surface area contributed by atoms with Crippen molar-refractivity contribution < 1.29 is 9.47 Å². The summed E-state index contributed by atoms with van der Waals surface area (Å²) in [7, 11) is 1.73. The number of aryl methyl sites for hydroxylation is 1. The lowest BCUT2D eigenvalue weighted by Crippen LogP contribution is -2.11. The molecule has 0 aliphatic heterocycles. The third kappa shape index (κ3) is 7.25. The Morgan fingerprint density at radius 1 is 1.04 bits per heavy atom. The first-order valence-corrected chi connectivity index (χ1v) is 9.21. The molecule has 1 aromatic rings. The minimum Gasteiger partial charge on any atom is -0.502 e. The standard InChI is InChI=1S/C22H34O2/c1-6-19-11-13-20(14-12-19)17-24-15-9-10-22(16-18(4)23-5)21(7-2)8-3/h9,11-16,21-22H,6-8,10,17H2,1-5H3/b15-9+,18-16+. The molecular weight excluding hydrogens is 296 g/mol. The van der Waals surface area contributed by atoms with Gasteiger partial charge in [0.2, 0.25) is 0 Å². The van der Waals surface area contributed by atoms with Crippen LogP contribution in [0.5, 0.6) is 0 Å². The average molecular weight is 331 g/mol. The third-order valence-electron chi connectivity index (χ3n) is 4.71. The van der Waals surface area contributed by atoms with Gasteiger partial charge >= 0.3 is 0 Å². The molecule has 0 N–H and O–H groups in total. The maximum Gasteiger partial charge on any atom is 0.112 e. The van der Waals surface area contributed by atoms with Gasteiger partial charge in [-0.1, -0.05) is 57.9 Å². The molecule has 0 saturated heterocycles. The van der Waals surface area contributed by atoms with Crippen molar-refractivity contribution >= 4 is 0 Å². The highest BCUT2D eigenvalue weighted by atomic mass is 16.5. The van der Waals surface area contributed by atoms with E-state index < -0.39 is 0 Å². The minimum absolute atomic E-state index is 0.503. The van der Waals surface area contributed by atoms with Crippen LogP contribution in [0.2, 0.25) is 0 Å². The molecule has 0 heterocycles. The second-order valence-corrected chi connectivity index (χ2v) is 6.31. The lowest BCUT2D eigenvalue weighted by molar-refractivity contribution is 0.233. The summed E-state index contributed by atoms with van der Waals surface area (Å²) in [5.41, 5.74) is 2.58. The summed E-state index contributed by atoms with van der Waals surface area (Å²) in [6.45, 7) is 9.34. The number of methoxy groups -OCH3 is 1. The van der Waals surface area contributed by atoms with Gasteiger partial charge in [-0.3, -0.25) is 0 Å². The average Bonchev–Trinajstić information content (AvgIpc) is 2.62. The van der Waals surface area contributed by atoms with Crippen LogP contribution in [0.4, 0.5) is 0 Å². The van der Waals surface area contributed by atoms with Crippen LogP contribution < -0.4 is 0 Å². The van der Waals surface area contributed by atoms with E-state index in [0.717, 1.165) is 18.6 Å². The highest BCUT2D eigenvalue weighted by Crippen LogP contribution is 2.26. The molecule has 0 aliphatic rings. The van der Waals surface area contributed by atoms with Gasteiger partial charge in [0.15, 0.2) is 0 Å². The molecule has 1 rings (SSSR count). The topological polar surface area (TPSA) is 18.5 Å². The number of hydrogen-bond acceptors (Lipinski definition) is 2. The molecule has 2 heteroatoms. The van der Waals surface area contributed by atoms with E-state index >= 15 is 0 Å². The SMILES string of the molecule is CCc1ccc(CO/C=C/CC(/C=C(\C)OC)C(CC)CC)cc1. The molecule has 0 aliphatic carbocycles. The molecule has 2 nitrogen and oxygen atoms in total. The van der Waals surface area contributed by atoms with Gasteiger partial charge in [0, 0.05) is 0 Å². The number of rotatable bonds is 11. The molecule has 0 bridgehead atoms. The van der Waals surface area contributed by atoms with E-state index in [1.165, 1.54) is 24.0 Å². The summed E-state index contributed by atoms with van der Waals surface area (Å²) < 4.78 is 11.0. The van der Waals surface area contributed by atoms with Gasteiger partial charge in [0.25, 0.3) is 0 Å². The smallest absolute Gasteiger partial charge is 0.112 e. The lowest BCUT2D eigenvalue weighted by atomic mass is 9.85. The van der Waals surface area contributed by atoms with E-state index in [-0.39, 0.29) is 0 Å². The van der Waals surface area contributed by atoms with Crippen molar-refractivity contribution in [2.45, 2.75) is 60.0 Å². The van der Waals surface area contributed by atoms with Crippen molar-refractivity contribution in [3.8, 4) is 0 Å². The molecular formula is C22H34O2. The van der Waals surface area contributed by atoms with Crippen LogP contribution in [0.3, 0.4) is 0 Å². The van der Waals surface area contributed by atoms with Crippen LogP contribution in [0.25, 0.3) is 0 Å². The second kappa shape index (κ2) is 11.8. The fourth-order valence-corrected chi connectivity index (χ4v) is 2.96. The van der Waals surface area contributed by atoms with Crippen LogP contribution in [0.15, 0.2) is 48.4 Å². The Balaban J connectivity index is 2.51. The monoisotopic (exact) mass is 330 g/mol. The Kier molecular flexibility index (Phi) is 9.98. The first-order chi connectivity index (χ1) is 11.6. The van der Waals surface area contributed by atoms with Crippen LogP contribution in [-0.4, -0.2) is 7.11 Å². The molecule has 0 aromatic heterocycles. The predicted octanol–water partition coefficient (Wildman–Crippen LogP) is 6.27. The molecule has 0 radical (unpaired) electrons. The number of benzene rings is 1. The molecule has 0 saturated carbocycles. The Morgan fingerprint density at radius 2 is 1.67 bits per heavy atom. The van der Waals surface area contributed by atoms with E-state index in [9.17, 15) is 0 Å². The first-order valence-electron chi connectivity index (χ1n) is 9.21. The Labute approximate surface area is 148 Å². The highest BCUT2D eigenvalue weighted by molar-refractivity contribution is 5.21. The summed E-state index contributed by atoms with van der Waals surface area (Å²) in [6.07, 6.45) is 10.7. The van der Waals surface area contributed by atoms with Crippen molar-refractivity contribution in [2.75, 3.05) is 7.11 Å². The summed E-state index contributed by atoms with van der Waals surface area (Å²) in [5, 5.41) is 0. The van der Waals surface area contributed by atoms with Crippen LogP contribution >= 0.6 is 0 Å². The highest BCUT2D eigenvalue weighted by Gasteiger charge is 2.15. The largest absolute Gasteiger partial charge is 0.502 e. The van der Waals surface area contributed by atoms with Gasteiger partial charge in [-0.15, -0.1) is 0 Å². The number of ether oxygens (including phenoxy) is 2. The first kappa shape index (κ1) is 20.3. The fraction of sp³-hybridized carbons (Fsp3) is 0.545.